The van der Waals surface area contributed by atoms with Crippen molar-refractivity contribution in [2.75, 3.05) is 0 Å². The van der Waals surface area contributed by atoms with E-state index in [1.165, 1.54) is 0 Å². The van der Waals surface area contributed by atoms with Crippen molar-refractivity contribution in [3.63, 3.8) is 0 Å². The molecule has 0 saturated carbocycles. The minimum atomic E-state index is -0.364. The van der Waals surface area contributed by atoms with E-state index in [0.717, 1.165) is 30.1 Å². The summed E-state index contributed by atoms with van der Waals surface area (Å²) in [7, 11) is 1.91. The fraction of sp³-hybridized carbons (Fsp3) is 0.500. The van der Waals surface area contributed by atoms with Gasteiger partial charge >= 0.3 is 0 Å². The quantitative estimate of drug-likeness (QED) is 0.845. The Balaban J connectivity index is 2.37. The van der Waals surface area contributed by atoms with Crippen molar-refractivity contribution in [2.24, 2.45) is 12.8 Å². The van der Waals surface area contributed by atoms with E-state index in [4.69, 9.17) is 5.73 Å². The van der Waals surface area contributed by atoms with E-state index in [9.17, 15) is 0 Å². The summed E-state index contributed by atoms with van der Waals surface area (Å²) < 4.78 is 1.81. The van der Waals surface area contributed by atoms with Gasteiger partial charge in [0.25, 0.3) is 0 Å². The van der Waals surface area contributed by atoms with Crippen LogP contribution in [0, 0.1) is 0 Å². The van der Waals surface area contributed by atoms with Crippen molar-refractivity contribution in [3.05, 3.63) is 24.3 Å². The third-order valence-corrected chi connectivity index (χ3v) is 3.41. The fourth-order valence-corrected chi connectivity index (χ4v) is 1.93. The molecule has 5 heteroatoms. The molecule has 2 aromatic heterocycles. The lowest BCUT2D eigenvalue weighted by Crippen LogP contribution is -2.36. The van der Waals surface area contributed by atoms with Crippen molar-refractivity contribution in [1.29, 1.82) is 0 Å². The van der Waals surface area contributed by atoms with Crippen LogP contribution in [0.15, 0.2) is 18.5 Å². The predicted molar refractivity (Wildman–Crippen MR) is 67.2 cm³/mol. The second-order valence-electron chi connectivity index (χ2n) is 4.35. The van der Waals surface area contributed by atoms with Crippen LogP contribution in [0.3, 0.4) is 0 Å². The number of aryl methyl sites for hydroxylation is 1. The average molecular weight is 233 g/mol. The smallest absolute Gasteiger partial charge is 0.126 e. The van der Waals surface area contributed by atoms with Gasteiger partial charge in [-0.3, -0.25) is 4.68 Å². The molecule has 0 spiro atoms. The SMILES string of the molecule is CCC(N)(CC)c1ncc(-c2ccnn2C)[nH]1. The second kappa shape index (κ2) is 4.33. The number of aromatic amines is 1. The minimum Gasteiger partial charge on any atom is -0.339 e. The first-order valence-corrected chi connectivity index (χ1v) is 5.93. The Labute approximate surface area is 101 Å². The third kappa shape index (κ3) is 1.98. The van der Waals surface area contributed by atoms with Gasteiger partial charge in [0.1, 0.15) is 5.82 Å². The Morgan fingerprint density at radius 3 is 2.65 bits per heavy atom. The lowest BCUT2D eigenvalue weighted by atomic mass is 9.93. The largest absolute Gasteiger partial charge is 0.339 e. The molecule has 0 aliphatic carbocycles. The van der Waals surface area contributed by atoms with E-state index < -0.39 is 0 Å². The normalized spacial score (nSPS) is 12.0. The predicted octanol–water partition coefficient (Wildman–Crippen LogP) is 1.78. The summed E-state index contributed by atoms with van der Waals surface area (Å²) in [6, 6.07) is 1.95. The molecule has 2 aromatic rings. The maximum Gasteiger partial charge on any atom is 0.126 e. The first-order chi connectivity index (χ1) is 8.10. The molecule has 3 N–H and O–H groups in total. The number of aromatic nitrogens is 4. The van der Waals surface area contributed by atoms with Crippen molar-refractivity contribution in [3.8, 4) is 11.4 Å². The fourth-order valence-electron chi connectivity index (χ4n) is 1.93. The van der Waals surface area contributed by atoms with Crippen LogP contribution in [0.4, 0.5) is 0 Å². The van der Waals surface area contributed by atoms with Gasteiger partial charge in [0, 0.05) is 13.2 Å². The van der Waals surface area contributed by atoms with Gasteiger partial charge in [-0.2, -0.15) is 5.10 Å². The standard InChI is InChI=1S/C12H19N5/c1-4-12(13,5-2)11-14-8-9(16-11)10-6-7-15-17(10)3/h6-8H,4-5,13H2,1-3H3,(H,14,16). The molecule has 2 rings (SSSR count). The zero-order valence-electron chi connectivity index (χ0n) is 10.6. The van der Waals surface area contributed by atoms with Crippen molar-refractivity contribution >= 4 is 0 Å². The van der Waals surface area contributed by atoms with Crippen LogP contribution in [-0.4, -0.2) is 19.7 Å². The Morgan fingerprint density at radius 2 is 2.12 bits per heavy atom. The summed E-state index contributed by atoms with van der Waals surface area (Å²) in [6.07, 6.45) is 5.31. The van der Waals surface area contributed by atoms with Gasteiger partial charge in [0.15, 0.2) is 0 Å². The van der Waals surface area contributed by atoms with Gasteiger partial charge in [-0.25, -0.2) is 4.98 Å². The molecule has 2 heterocycles. The van der Waals surface area contributed by atoms with Crippen LogP contribution in [0.1, 0.15) is 32.5 Å². The van der Waals surface area contributed by atoms with Crippen LogP contribution in [-0.2, 0) is 12.6 Å². The topological polar surface area (TPSA) is 72.5 Å². The van der Waals surface area contributed by atoms with Crippen LogP contribution in [0.25, 0.3) is 11.4 Å². The van der Waals surface area contributed by atoms with Gasteiger partial charge in [-0.05, 0) is 18.9 Å². The number of hydrogen-bond acceptors (Lipinski definition) is 3. The minimum absolute atomic E-state index is 0.364. The van der Waals surface area contributed by atoms with Gasteiger partial charge < -0.3 is 10.7 Å². The Kier molecular flexibility index (Phi) is 3.02. The summed E-state index contributed by atoms with van der Waals surface area (Å²) in [4.78, 5) is 7.71. The molecule has 0 aromatic carbocycles. The number of rotatable bonds is 4. The Morgan fingerprint density at radius 1 is 1.41 bits per heavy atom. The number of imidazole rings is 1. The summed E-state index contributed by atoms with van der Waals surface area (Å²) >= 11 is 0. The molecule has 0 radical (unpaired) electrons. The highest BCUT2D eigenvalue weighted by molar-refractivity contribution is 5.53. The summed E-state index contributed by atoms with van der Waals surface area (Å²) in [5, 5.41) is 4.14. The first kappa shape index (κ1) is 11.9. The van der Waals surface area contributed by atoms with Gasteiger partial charge in [0.2, 0.25) is 0 Å². The number of nitrogens with one attached hydrogen (secondary N) is 1. The van der Waals surface area contributed by atoms with Gasteiger partial charge in [-0.1, -0.05) is 13.8 Å². The van der Waals surface area contributed by atoms with E-state index in [1.807, 2.05) is 24.0 Å². The molecule has 0 aliphatic heterocycles. The first-order valence-electron chi connectivity index (χ1n) is 5.93. The van der Waals surface area contributed by atoms with E-state index in [0.29, 0.717) is 0 Å². The summed E-state index contributed by atoms with van der Waals surface area (Å²) in [5.74, 6) is 0.846. The van der Waals surface area contributed by atoms with Gasteiger partial charge in [0.05, 0.1) is 23.1 Å². The molecule has 0 atom stereocenters. The molecule has 0 fully saturated rings. The maximum absolute atomic E-state index is 6.31. The van der Waals surface area contributed by atoms with E-state index in [-0.39, 0.29) is 5.54 Å². The zero-order valence-corrected chi connectivity index (χ0v) is 10.6. The highest BCUT2D eigenvalue weighted by Crippen LogP contribution is 2.25. The molecule has 17 heavy (non-hydrogen) atoms. The monoisotopic (exact) mass is 233 g/mol. The highest BCUT2D eigenvalue weighted by Gasteiger charge is 2.26. The third-order valence-electron chi connectivity index (χ3n) is 3.41. The molecule has 0 aliphatic rings. The van der Waals surface area contributed by atoms with Crippen molar-refractivity contribution in [2.45, 2.75) is 32.2 Å². The lowest BCUT2D eigenvalue weighted by Gasteiger charge is -2.23. The van der Waals surface area contributed by atoms with Crippen LogP contribution < -0.4 is 5.73 Å². The molecule has 0 bridgehead atoms. The number of nitrogens with two attached hydrogens (primary N) is 1. The lowest BCUT2D eigenvalue weighted by molar-refractivity contribution is 0.391. The summed E-state index contributed by atoms with van der Waals surface area (Å²) in [5.41, 5.74) is 7.91. The summed E-state index contributed by atoms with van der Waals surface area (Å²) in [6.45, 7) is 4.16. The Bertz CT molecular complexity index is 492. The van der Waals surface area contributed by atoms with E-state index in [2.05, 4.69) is 28.9 Å². The molecule has 5 nitrogen and oxygen atoms in total. The van der Waals surface area contributed by atoms with Gasteiger partial charge in [-0.15, -0.1) is 0 Å². The zero-order chi connectivity index (χ0) is 12.5. The molecular weight excluding hydrogens is 214 g/mol. The van der Waals surface area contributed by atoms with Crippen molar-refractivity contribution in [1.82, 2.24) is 19.7 Å². The Hall–Kier alpha value is -1.62. The van der Waals surface area contributed by atoms with Crippen molar-refractivity contribution < 1.29 is 0 Å². The average Bonchev–Trinajstić information content (AvgIpc) is 2.96. The highest BCUT2D eigenvalue weighted by atomic mass is 15.3. The number of hydrogen-bond donors (Lipinski definition) is 2. The van der Waals surface area contributed by atoms with E-state index in [1.54, 1.807) is 6.20 Å². The van der Waals surface area contributed by atoms with Crippen LogP contribution in [0.5, 0.6) is 0 Å². The number of nitrogens with zero attached hydrogens (tertiary/aromatic N) is 3. The molecule has 0 saturated heterocycles. The molecule has 0 amide bonds. The number of H-pyrrole nitrogens is 1. The van der Waals surface area contributed by atoms with Crippen LogP contribution >= 0.6 is 0 Å². The van der Waals surface area contributed by atoms with E-state index >= 15 is 0 Å². The van der Waals surface area contributed by atoms with Crippen LogP contribution in [0.2, 0.25) is 0 Å². The molecular formula is C12H19N5. The maximum atomic E-state index is 6.31. The molecule has 0 unspecified atom stereocenters. The molecule has 92 valence electrons. The second-order valence-corrected chi connectivity index (χ2v) is 4.35.